The van der Waals surface area contributed by atoms with E-state index < -0.39 is 35.6 Å². The van der Waals surface area contributed by atoms with E-state index in [2.05, 4.69) is 0 Å². The van der Waals surface area contributed by atoms with Crippen LogP contribution in [0, 0.1) is 17.2 Å². The lowest BCUT2D eigenvalue weighted by Crippen LogP contribution is -2.28. The average molecular weight is 208 g/mol. The second-order valence-electron chi connectivity index (χ2n) is 3.62. The summed E-state index contributed by atoms with van der Waals surface area (Å²) in [5.41, 5.74) is 2.80. The molecule has 2 fully saturated rings. The molecule has 2 aliphatic carbocycles. The fourth-order valence-electron chi connectivity index (χ4n) is 1.94. The standard InChI is InChI=1S/C8H8F4N2/c9-7(10)5(13)4-2-1-3(2)8(11,12)6(4)14/h2-3,7,14H,1,13H2/b5-4-,14-6?/t2-,3+/m0/s1. The van der Waals surface area contributed by atoms with Crippen molar-refractivity contribution in [2.45, 2.75) is 18.8 Å². The number of fused-ring (bicyclic) bond motifs is 1. The Morgan fingerprint density at radius 1 is 1.50 bits per heavy atom. The largest absolute Gasteiger partial charge is 0.397 e. The molecule has 0 spiro atoms. The molecule has 0 aromatic carbocycles. The number of halogens is 4. The van der Waals surface area contributed by atoms with Gasteiger partial charge in [0.05, 0.1) is 5.70 Å². The Balaban J connectivity index is 2.41. The Morgan fingerprint density at radius 2 is 2.07 bits per heavy atom. The molecule has 2 rings (SSSR count). The number of rotatable bonds is 1. The smallest absolute Gasteiger partial charge is 0.292 e. The zero-order valence-electron chi connectivity index (χ0n) is 7.03. The third kappa shape index (κ3) is 0.994. The normalized spacial score (nSPS) is 37.4. The van der Waals surface area contributed by atoms with Gasteiger partial charge < -0.3 is 5.73 Å². The van der Waals surface area contributed by atoms with Gasteiger partial charge in [0.2, 0.25) is 0 Å². The maximum Gasteiger partial charge on any atom is 0.292 e. The second-order valence-corrected chi connectivity index (χ2v) is 3.62. The summed E-state index contributed by atoms with van der Waals surface area (Å²) < 4.78 is 50.5. The monoisotopic (exact) mass is 208 g/mol. The molecule has 78 valence electrons. The van der Waals surface area contributed by atoms with Gasteiger partial charge in [-0.2, -0.15) is 8.78 Å². The van der Waals surface area contributed by atoms with Gasteiger partial charge in [0, 0.05) is 11.5 Å². The average Bonchev–Trinajstić information content (AvgIpc) is 2.80. The number of hydrogen-bond donors (Lipinski definition) is 2. The molecule has 0 heterocycles. The van der Waals surface area contributed by atoms with Crippen molar-refractivity contribution in [2.75, 3.05) is 0 Å². The molecule has 14 heavy (non-hydrogen) atoms. The molecule has 0 aliphatic heterocycles. The van der Waals surface area contributed by atoms with Crippen LogP contribution < -0.4 is 5.73 Å². The molecule has 2 saturated carbocycles. The molecule has 2 nitrogen and oxygen atoms in total. The van der Waals surface area contributed by atoms with E-state index in [-0.39, 0.29) is 12.0 Å². The fraction of sp³-hybridized carbons (Fsp3) is 0.625. The lowest BCUT2D eigenvalue weighted by Gasteiger charge is -2.13. The molecule has 0 aromatic rings. The lowest BCUT2D eigenvalue weighted by atomic mass is 10.1. The first-order valence-electron chi connectivity index (χ1n) is 4.12. The molecular weight excluding hydrogens is 200 g/mol. The number of nitrogens with two attached hydrogens (primary N) is 1. The van der Waals surface area contributed by atoms with Crippen molar-refractivity contribution in [2.24, 2.45) is 17.6 Å². The van der Waals surface area contributed by atoms with Crippen molar-refractivity contribution in [3.05, 3.63) is 11.3 Å². The minimum Gasteiger partial charge on any atom is -0.397 e. The van der Waals surface area contributed by atoms with Gasteiger partial charge in [0.1, 0.15) is 5.71 Å². The van der Waals surface area contributed by atoms with Crippen LogP contribution in [0.3, 0.4) is 0 Å². The predicted molar refractivity (Wildman–Crippen MR) is 41.5 cm³/mol. The van der Waals surface area contributed by atoms with Crippen LogP contribution in [-0.4, -0.2) is 18.1 Å². The summed E-state index contributed by atoms with van der Waals surface area (Å²) in [5, 5.41) is 7.07. The summed E-state index contributed by atoms with van der Waals surface area (Å²) in [6.07, 6.45) is -2.79. The van der Waals surface area contributed by atoms with Crippen LogP contribution in [0.25, 0.3) is 0 Å². The molecular formula is C8H8F4N2. The quantitative estimate of drug-likeness (QED) is 0.634. The summed E-state index contributed by atoms with van der Waals surface area (Å²) in [5.74, 6) is -4.85. The molecule has 2 atom stereocenters. The van der Waals surface area contributed by atoms with Gasteiger partial charge >= 0.3 is 0 Å². The van der Waals surface area contributed by atoms with E-state index >= 15 is 0 Å². The summed E-state index contributed by atoms with van der Waals surface area (Å²) >= 11 is 0. The summed E-state index contributed by atoms with van der Waals surface area (Å²) in [6.45, 7) is 0. The second kappa shape index (κ2) is 2.49. The third-order valence-corrected chi connectivity index (χ3v) is 2.78. The van der Waals surface area contributed by atoms with Gasteiger partial charge in [0.15, 0.2) is 0 Å². The van der Waals surface area contributed by atoms with Crippen LogP contribution in [-0.2, 0) is 0 Å². The van der Waals surface area contributed by atoms with Crippen molar-refractivity contribution >= 4 is 5.71 Å². The van der Waals surface area contributed by atoms with Crippen LogP contribution in [0.15, 0.2) is 11.3 Å². The van der Waals surface area contributed by atoms with Crippen molar-refractivity contribution in [1.29, 1.82) is 5.41 Å². The van der Waals surface area contributed by atoms with Crippen LogP contribution >= 0.6 is 0 Å². The molecule has 3 N–H and O–H groups in total. The van der Waals surface area contributed by atoms with Crippen molar-refractivity contribution < 1.29 is 17.6 Å². The number of hydrogen-bond acceptors (Lipinski definition) is 2. The van der Waals surface area contributed by atoms with Gasteiger partial charge in [-0.3, -0.25) is 5.41 Å². The number of alkyl halides is 4. The van der Waals surface area contributed by atoms with Gasteiger partial charge in [-0.25, -0.2) is 8.78 Å². The van der Waals surface area contributed by atoms with E-state index in [9.17, 15) is 17.6 Å². The van der Waals surface area contributed by atoms with Crippen molar-refractivity contribution in [3.63, 3.8) is 0 Å². The molecule has 0 unspecified atom stereocenters. The summed E-state index contributed by atoms with van der Waals surface area (Å²) in [7, 11) is 0. The fourth-order valence-corrected chi connectivity index (χ4v) is 1.94. The first kappa shape index (κ1) is 9.48. The van der Waals surface area contributed by atoms with Crippen LogP contribution in [0.2, 0.25) is 0 Å². The van der Waals surface area contributed by atoms with Crippen molar-refractivity contribution in [1.82, 2.24) is 0 Å². The maximum absolute atomic E-state index is 13.1. The van der Waals surface area contributed by atoms with Gasteiger partial charge in [-0.05, 0) is 12.3 Å². The molecule has 6 heteroatoms. The van der Waals surface area contributed by atoms with Crippen LogP contribution in [0.5, 0.6) is 0 Å². The number of nitrogens with one attached hydrogen (secondary N) is 1. The summed E-state index contributed by atoms with van der Waals surface area (Å²) in [4.78, 5) is 0. The zero-order chi connectivity index (χ0) is 10.7. The molecule has 0 radical (unpaired) electrons. The van der Waals surface area contributed by atoms with E-state index in [1.807, 2.05) is 0 Å². The third-order valence-electron chi connectivity index (χ3n) is 2.78. The van der Waals surface area contributed by atoms with Gasteiger partial charge in [-0.1, -0.05) is 0 Å². The molecule has 0 aromatic heterocycles. The minimum atomic E-state index is -3.26. The minimum absolute atomic E-state index is 0.165. The van der Waals surface area contributed by atoms with E-state index in [4.69, 9.17) is 11.1 Å². The van der Waals surface area contributed by atoms with E-state index in [1.165, 1.54) is 0 Å². The first-order chi connectivity index (χ1) is 6.37. The van der Waals surface area contributed by atoms with Crippen LogP contribution in [0.4, 0.5) is 17.6 Å². The van der Waals surface area contributed by atoms with Crippen molar-refractivity contribution in [3.8, 4) is 0 Å². The van der Waals surface area contributed by atoms with E-state index in [0.717, 1.165) is 0 Å². The first-order valence-corrected chi connectivity index (χ1v) is 4.12. The Morgan fingerprint density at radius 3 is 2.43 bits per heavy atom. The number of allylic oxidation sites excluding steroid dienone is 2. The van der Waals surface area contributed by atoms with Crippen LogP contribution in [0.1, 0.15) is 6.42 Å². The van der Waals surface area contributed by atoms with Gasteiger partial charge in [-0.15, -0.1) is 0 Å². The SMILES string of the molecule is N=C1/C(=C(\N)C(F)F)[C@H]2C[C@H]2C1(F)F. The van der Waals surface area contributed by atoms with E-state index in [0.29, 0.717) is 0 Å². The Labute approximate surface area is 77.3 Å². The Bertz CT molecular complexity index is 334. The Kier molecular flexibility index (Phi) is 1.69. The van der Waals surface area contributed by atoms with E-state index in [1.54, 1.807) is 0 Å². The lowest BCUT2D eigenvalue weighted by molar-refractivity contribution is 0.0572. The predicted octanol–water partition coefficient (Wildman–Crippen LogP) is 1.77. The maximum atomic E-state index is 13.1. The highest BCUT2D eigenvalue weighted by Crippen LogP contribution is 2.61. The highest BCUT2D eigenvalue weighted by Gasteiger charge is 2.67. The molecule has 0 bridgehead atoms. The molecule has 0 saturated heterocycles. The summed E-state index contributed by atoms with van der Waals surface area (Å²) in [6, 6.07) is 0. The highest BCUT2D eigenvalue weighted by atomic mass is 19.3. The highest BCUT2D eigenvalue weighted by molar-refractivity contribution is 6.08. The van der Waals surface area contributed by atoms with Gasteiger partial charge in [0.25, 0.3) is 12.3 Å². The molecule has 2 aliphatic rings. The Hall–Kier alpha value is -1.07. The zero-order valence-corrected chi connectivity index (χ0v) is 7.03. The topological polar surface area (TPSA) is 49.9 Å². The molecule has 0 amide bonds.